The van der Waals surface area contributed by atoms with Gasteiger partial charge in [-0.3, -0.25) is 4.79 Å². The molecule has 0 amide bonds. The van der Waals surface area contributed by atoms with Gasteiger partial charge in [0.25, 0.3) is 5.56 Å². The molecule has 1 atom stereocenters. The molecular formula is C15H24BrN3O2. The van der Waals surface area contributed by atoms with Gasteiger partial charge in [-0.2, -0.15) is 5.10 Å². The molecule has 1 saturated carbocycles. The minimum Gasteiger partial charge on any atom is -0.396 e. The Kier molecular flexibility index (Phi) is 6.23. The van der Waals surface area contributed by atoms with Crippen molar-refractivity contribution in [2.75, 3.05) is 18.5 Å². The van der Waals surface area contributed by atoms with Gasteiger partial charge in [-0.05, 0) is 53.4 Å². The van der Waals surface area contributed by atoms with Crippen LogP contribution < -0.4 is 10.9 Å². The highest BCUT2D eigenvalue weighted by molar-refractivity contribution is 9.10. The lowest BCUT2D eigenvalue weighted by molar-refractivity contribution is 0.255. The van der Waals surface area contributed by atoms with E-state index in [2.05, 4.69) is 33.3 Å². The number of aromatic nitrogens is 2. The average molecular weight is 358 g/mol. The monoisotopic (exact) mass is 357 g/mol. The Morgan fingerprint density at radius 1 is 1.52 bits per heavy atom. The van der Waals surface area contributed by atoms with Crippen LogP contribution in [0.5, 0.6) is 0 Å². The van der Waals surface area contributed by atoms with Gasteiger partial charge >= 0.3 is 0 Å². The van der Waals surface area contributed by atoms with Gasteiger partial charge in [-0.1, -0.05) is 13.3 Å². The van der Waals surface area contributed by atoms with Gasteiger partial charge in [0.15, 0.2) is 0 Å². The number of nitrogens with one attached hydrogen (secondary N) is 1. The van der Waals surface area contributed by atoms with Crippen LogP contribution in [0.1, 0.15) is 39.0 Å². The van der Waals surface area contributed by atoms with Crippen LogP contribution in [0.4, 0.5) is 5.69 Å². The summed E-state index contributed by atoms with van der Waals surface area (Å²) in [6.07, 6.45) is 7.06. The highest BCUT2D eigenvalue weighted by atomic mass is 79.9. The van der Waals surface area contributed by atoms with E-state index >= 15 is 0 Å². The van der Waals surface area contributed by atoms with E-state index in [9.17, 15) is 4.79 Å². The fourth-order valence-corrected chi connectivity index (χ4v) is 2.90. The highest BCUT2D eigenvalue weighted by Gasteiger charge is 2.23. The number of aliphatic hydroxyl groups excluding tert-OH is 1. The lowest BCUT2D eigenvalue weighted by atomic mass is 10.0. The highest BCUT2D eigenvalue weighted by Crippen LogP contribution is 2.30. The van der Waals surface area contributed by atoms with Crippen molar-refractivity contribution in [3.05, 3.63) is 21.0 Å². The van der Waals surface area contributed by atoms with E-state index < -0.39 is 0 Å². The second kappa shape index (κ2) is 7.94. The van der Waals surface area contributed by atoms with Crippen LogP contribution in [-0.2, 0) is 6.54 Å². The summed E-state index contributed by atoms with van der Waals surface area (Å²) in [4.78, 5) is 12.2. The molecule has 1 aromatic rings. The van der Waals surface area contributed by atoms with Gasteiger partial charge in [0, 0.05) is 19.7 Å². The molecule has 0 radical (unpaired) electrons. The molecule has 1 aliphatic rings. The van der Waals surface area contributed by atoms with E-state index in [-0.39, 0.29) is 12.2 Å². The van der Waals surface area contributed by atoms with E-state index in [1.54, 1.807) is 10.9 Å². The Morgan fingerprint density at radius 3 is 2.90 bits per heavy atom. The molecule has 0 bridgehead atoms. The van der Waals surface area contributed by atoms with Gasteiger partial charge in [0.1, 0.15) is 4.47 Å². The molecule has 1 aromatic heterocycles. The Balaban J connectivity index is 1.99. The maximum Gasteiger partial charge on any atom is 0.283 e. The summed E-state index contributed by atoms with van der Waals surface area (Å²) >= 11 is 3.38. The van der Waals surface area contributed by atoms with Crippen molar-refractivity contribution >= 4 is 21.6 Å². The summed E-state index contributed by atoms with van der Waals surface area (Å²) < 4.78 is 2.10. The van der Waals surface area contributed by atoms with Crippen molar-refractivity contribution in [1.29, 1.82) is 0 Å². The standard InChI is InChI=1S/C15H24BrN3O2/c1-2-3-11(6-7-20)8-17-13-9-18-19(10-12-4-5-12)15(21)14(13)16/h9,11-12,17,20H,2-8,10H2,1H3. The number of halogens is 1. The maximum atomic E-state index is 12.2. The first kappa shape index (κ1) is 16.5. The average Bonchev–Trinajstić information content (AvgIpc) is 3.27. The van der Waals surface area contributed by atoms with Gasteiger partial charge in [-0.25, -0.2) is 4.68 Å². The minimum atomic E-state index is -0.0684. The first-order valence-electron chi connectivity index (χ1n) is 7.76. The van der Waals surface area contributed by atoms with Crippen LogP contribution in [0.25, 0.3) is 0 Å². The smallest absolute Gasteiger partial charge is 0.283 e. The van der Waals surface area contributed by atoms with Crippen LogP contribution in [0, 0.1) is 11.8 Å². The molecule has 21 heavy (non-hydrogen) atoms. The molecular weight excluding hydrogens is 334 g/mol. The summed E-state index contributed by atoms with van der Waals surface area (Å²) in [6, 6.07) is 0. The van der Waals surface area contributed by atoms with Gasteiger partial charge in [0.05, 0.1) is 11.9 Å². The molecule has 1 unspecified atom stereocenters. The number of nitrogens with zero attached hydrogens (tertiary/aromatic N) is 2. The lowest BCUT2D eigenvalue weighted by Crippen LogP contribution is -2.26. The molecule has 0 aromatic carbocycles. The molecule has 6 heteroatoms. The summed E-state index contributed by atoms with van der Waals surface area (Å²) in [6.45, 7) is 3.82. The maximum absolute atomic E-state index is 12.2. The van der Waals surface area contributed by atoms with Gasteiger partial charge in [-0.15, -0.1) is 0 Å². The molecule has 2 rings (SSSR count). The normalized spacial score (nSPS) is 16.0. The van der Waals surface area contributed by atoms with E-state index in [1.807, 2.05) is 0 Å². The summed E-state index contributed by atoms with van der Waals surface area (Å²) in [5, 5.41) is 16.6. The zero-order valence-corrected chi connectivity index (χ0v) is 14.1. The quantitative estimate of drug-likeness (QED) is 0.712. The fraction of sp³-hybridized carbons (Fsp3) is 0.733. The molecule has 118 valence electrons. The minimum absolute atomic E-state index is 0.0684. The summed E-state index contributed by atoms with van der Waals surface area (Å²) in [5.74, 6) is 1.04. The van der Waals surface area contributed by atoms with Crippen LogP contribution in [-0.4, -0.2) is 28.0 Å². The summed E-state index contributed by atoms with van der Waals surface area (Å²) in [7, 11) is 0. The first-order valence-corrected chi connectivity index (χ1v) is 8.55. The molecule has 1 fully saturated rings. The predicted octanol–water partition coefficient (Wildman–Crippen LogP) is 2.63. The predicted molar refractivity (Wildman–Crippen MR) is 87.5 cm³/mol. The van der Waals surface area contributed by atoms with Crippen molar-refractivity contribution in [3.8, 4) is 0 Å². The Bertz CT molecular complexity index is 508. The largest absolute Gasteiger partial charge is 0.396 e. The van der Waals surface area contributed by atoms with E-state index in [1.165, 1.54) is 12.8 Å². The molecule has 5 nitrogen and oxygen atoms in total. The molecule has 0 spiro atoms. The number of anilines is 1. The van der Waals surface area contributed by atoms with Gasteiger partial charge < -0.3 is 10.4 Å². The van der Waals surface area contributed by atoms with Crippen molar-refractivity contribution in [2.24, 2.45) is 11.8 Å². The molecule has 1 aliphatic carbocycles. The third-order valence-corrected chi connectivity index (χ3v) is 4.69. The second-order valence-electron chi connectivity index (χ2n) is 5.85. The van der Waals surface area contributed by atoms with Gasteiger partial charge in [0.2, 0.25) is 0 Å². The fourth-order valence-electron chi connectivity index (χ4n) is 2.46. The van der Waals surface area contributed by atoms with E-state index in [4.69, 9.17) is 5.11 Å². The number of aliphatic hydroxyl groups is 1. The topological polar surface area (TPSA) is 67.2 Å². The van der Waals surface area contributed by atoms with Crippen LogP contribution in [0.3, 0.4) is 0 Å². The van der Waals surface area contributed by atoms with Crippen LogP contribution in [0.2, 0.25) is 0 Å². The SMILES string of the molecule is CCCC(CCO)CNc1cnn(CC2CC2)c(=O)c1Br. The second-order valence-corrected chi connectivity index (χ2v) is 6.64. The molecule has 0 aliphatic heterocycles. The molecule has 0 saturated heterocycles. The van der Waals surface area contributed by atoms with Crippen molar-refractivity contribution in [2.45, 2.75) is 45.6 Å². The van der Waals surface area contributed by atoms with Crippen molar-refractivity contribution in [1.82, 2.24) is 9.78 Å². The zero-order valence-electron chi connectivity index (χ0n) is 12.5. The Hall–Kier alpha value is -0.880. The van der Waals surface area contributed by atoms with Crippen LogP contribution >= 0.6 is 15.9 Å². The number of rotatable bonds is 9. The lowest BCUT2D eigenvalue weighted by Gasteiger charge is -2.17. The third kappa shape index (κ3) is 4.81. The Morgan fingerprint density at radius 2 is 2.29 bits per heavy atom. The third-order valence-electron chi connectivity index (χ3n) is 3.93. The first-order chi connectivity index (χ1) is 10.2. The van der Waals surface area contributed by atoms with E-state index in [0.29, 0.717) is 16.3 Å². The van der Waals surface area contributed by atoms with Crippen molar-refractivity contribution < 1.29 is 5.11 Å². The number of hydrogen-bond donors (Lipinski definition) is 2. The number of hydrogen-bond acceptors (Lipinski definition) is 4. The molecule has 1 heterocycles. The Labute approximate surface area is 133 Å². The van der Waals surface area contributed by atoms with Crippen molar-refractivity contribution in [3.63, 3.8) is 0 Å². The zero-order chi connectivity index (χ0) is 15.2. The van der Waals surface area contributed by atoms with E-state index in [0.717, 1.165) is 38.0 Å². The summed E-state index contributed by atoms with van der Waals surface area (Å²) in [5.41, 5.74) is 0.673. The molecule has 2 N–H and O–H groups in total. The van der Waals surface area contributed by atoms with Crippen LogP contribution in [0.15, 0.2) is 15.5 Å².